The molecular formula is C24H23Cl2NO6S. The number of hydrogen-bond acceptors (Lipinski definition) is 6. The Bertz CT molecular complexity index is 1250. The number of ether oxygens (including phenoxy) is 1. The minimum atomic E-state index is -3.81. The fourth-order valence-electron chi connectivity index (χ4n) is 3.19. The van der Waals surface area contributed by atoms with E-state index < -0.39 is 28.5 Å². The molecule has 1 atom stereocenters. The summed E-state index contributed by atoms with van der Waals surface area (Å²) in [5, 5.41) is 22.9. The van der Waals surface area contributed by atoms with E-state index >= 15 is 0 Å². The monoisotopic (exact) mass is 523 g/mol. The molecule has 0 aliphatic carbocycles. The summed E-state index contributed by atoms with van der Waals surface area (Å²) in [6.07, 6.45) is -0.167. The van der Waals surface area contributed by atoms with Gasteiger partial charge in [-0.25, -0.2) is 13.2 Å². The molecule has 0 fully saturated rings. The highest BCUT2D eigenvalue weighted by atomic mass is 35.5. The van der Waals surface area contributed by atoms with Crippen LogP contribution in [0.25, 0.3) is 0 Å². The van der Waals surface area contributed by atoms with Gasteiger partial charge in [-0.3, -0.25) is 0 Å². The van der Waals surface area contributed by atoms with Gasteiger partial charge >= 0.3 is 5.97 Å². The van der Waals surface area contributed by atoms with Gasteiger partial charge in [0.2, 0.25) is 9.84 Å². The van der Waals surface area contributed by atoms with Gasteiger partial charge in [-0.2, -0.15) is 0 Å². The number of carboxylic acids is 1. The van der Waals surface area contributed by atoms with Crippen molar-refractivity contribution in [1.82, 2.24) is 5.32 Å². The molecule has 0 aliphatic heterocycles. The number of benzene rings is 3. The molecule has 0 heterocycles. The van der Waals surface area contributed by atoms with Crippen LogP contribution >= 0.6 is 23.2 Å². The second-order valence-corrected chi connectivity index (χ2v) is 10.2. The lowest BCUT2D eigenvalue weighted by Gasteiger charge is -2.13. The largest absolute Gasteiger partial charge is 0.482 e. The Morgan fingerprint density at radius 1 is 1.00 bits per heavy atom. The molecule has 7 nitrogen and oxygen atoms in total. The highest BCUT2D eigenvalue weighted by Crippen LogP contribution is 2.27. The van der Waals surface area contributed by atoms with E-state index in [1.807, 2.05) is 0 Å². The summed E-state index contributed by atoms with van der Waals surface area (Å²) in [6.45, 7) is 0.343. The Morgan fingerprint density at radius 3 is 2.35 bits per heavy atom. The lowest BCUT2D eigenvalue weighted by molar-refractivity contribution is -0.139. The van der Waals surface area contributed by atoms with E-state index in [0.29, 0.717) is 35.1 Å². The Hall–Kier alpha value is -2.62. The molecule has 3 rings (SSSR count). The van der Waals surface area contributed by atoms with E-state index in [1.165, 1.54) is 36.4 Å². The molecule has 10 heteroatoms. The fourth-order valence-corrected chi connectivity index (χ4v) is 5.01. The minimum absolute atomic E-state index is 0.0376. The second kappa shape index (κ2) is 11.7. The number of aliphatic carboxylic acids is 1. The molecule has 34 heavy (non-hydrogen) atoms. The molecule has 3 N–H and O–H groups in total. The van der Waals surface area contributed by atoms with Crippen molar-refractivity contribution in [3.63, 3.8) is 0 Å². The topological polar surface area (TPSA) is 113 Å². The molecule has 180 valence electrons. The molecule has 3 aromatic carbocycles. The van der Waals surface area contributed by atoms with Crippen molar-refractivity contribution in [2.75, 3.05) is 19.7 Å². The Balaban J connectivity index is 1.59. The molecule has 0 spiro atoms. The number of sulfone groups is 1. The first-order valence-corrected chi connectivity index (χ1v) is 12.5. The molecule has 0 saturated carbocycles. The van der Waals surface area contributed by atoms with Crippen molar-refractivity contribution < 1.29 is 28.2 Å². The van der Waals surface area contributed by atoms with Gasteiger partial charge in [0, 0.05) is 16.6 Å². The maximum Gasteiger partial charge on any atom is 0.341 e. The van der Waals surface area contributed by atoms with Gasteiger partial charge in [-0.05, 0) is 72.6 Å². The summed E-state index contributed by atoms with van der Waals surface area (Å²) in [5.41, 5.74) is 1.48. The van der Waals surface area contributed by atoms with Crippen LogP contribution in [0.4, 0.5) is 0 Å². The first-order chi connectivity index (χ1) is 16.2. The van der Waals surface area contributed by atoms with E-state index in [2.05, 4.69) is 5.32 Å². The van der Waals surface area contributed by atoms with E-state index in [-0.39, 0.29) is 15.5 Å². The number of carbonyl (C=O) groups is 1. The van der Waals surface area contributed by atoms with Crippen molar-refractivity contribution in [3.05, 3.63) is 87.9 Å². The van der Waals surface area contributed by atoms with Crippen LogP contribution in [0.5, 0.6) is 5.75 Å². The number of halogens is 2. The van der Waals surface area contributed by atoms with Crippen LogP contribution in [0.1, 0.15) is 17.2 Å². The van der Waals surface area contributed by atoms with Crippen LogP contribution in [0, 0.1) is 0 Å². The zero-order valence-electron chi connectivity index (χ0n) is 17.9. The third kappa shape index (κ3) is 6.94. The van der Waals surface area contributed by atoms with Gasteiger partial charge in [0.1, 0.15) is 5.75 Å². The fraction of sp³-hybridized carbons (Fsp3) is 0.208. The van der Waals surface area contributed by atoms with Crippen molar-refractivity contribution in [1.29, 1.82) is 0 Å². The van der Waals surface area contributed by atoms with E-state index in [0.717, 1.165) is 5.56 Å². The molecule has 0 aliphatic rings. The Kier molecular flexibility index (Phi) is 8.93. The standard InChI is InChI=1S/C24H23Cl2NO6S/c25-18-3-1-2-17(12-18)23(28)14-27-11-10-16-4-7-21(13-22(16)26)34(31,32)20-8-5-19(6-9-20)33-15-24(29)30/h1-9,12-13,23,27-28H,10-11,14-15H2,(H,29,30)/t23-/m0/s1. The summed E-state index contributed by atoms with van der Waals surface area (Å²) in [5.74, 6) is -0.873. The van der Waals surface area contributed by atoms with Crippen LogP contribution in [-0.2, 0) is 21.1 Å². The Labute approximate surface area is 207 Å². The Morgan fingerprint density at radius 2 is 1.71 bits per heavy atom. The number of rotatable bonds is 11. The van der Waals surface area contributed by atoms with Gasteiger partial charge in [-0.15, -0.1) is 0 Å². The lowest BCUT2D eigenvalue weighted by atomic mass is 10.1. The van der Waals surface area contributed by atoms with E-state index in [4.69, 9.17) is 33.0 Å². The van der Waals surface area contributed by atoms with Crippen molar-refractivity contribution in [3.8, 4) is 5.75 Å². The van der Waals surface area contributed by atoms with Crippen LogP contribution in [-0.4, -0.2) is 44.3 Å². The molecule has 0 unspecified atom stereocenters. The highest BCUT2D eigenvalue weighted by Gasteiger charge is 2.19. The van der Waals surface area contributed by atoms with Gasteiger partial charge in [-0.1, -0.05) is 41.4 Å². The molecule has 0 radical (unpaired) electrons. The highest BCUT2D eigenvalue weighted by molar-refractivity contribution is 7.91. The van der Waals surface area contributed by atoms with Crippen molar-refractivity contribution >= 4 is 39.0 Å². The summed E-state index contributed by atoms with van der Waals surface area (Å²) < 4.78 is 30.9. The maximum absolute atomic E-state index is 12.9. The quantitative estimate of drug-likeness (QED) is 0.323. The third-order valence-electron chi connectivity index (χ3n) is 4.97. The first-order valence-electron chi connectivity index (χ1n) is 10.3. The van der Waals surface area contributed by atoms with Crippen LogP contribution in [0.15, 0.2) is 76.5 Å². The molecule has 0 aromatic heterocycles. The summed E-state index contributed by atoms with van der Waals surface area (Å²) >= 11 is 12.3. The summed E-state index contributed by atoms with van der Waals surface area (Å²) in [6, 6.07) is 17.1. The summed E-state index contributed by atoms with van der Waals surface area (Å²) in [7, 11) is -3.81. The van der Waals surface area contributed by atoms with Gasteiger partial charge in [0.05, 0.1) is 15.9 Å². The average Bonchev–Trinajstić information content (AvgIpc) is 2.81. The minimum Gasteiger partial charge on any atom is -0.482 e. The lowest BCUT2D eigenvalue weighted by Crippen LogP contribution is -2.23. The smallest absolute Gasteiger partial charge is 0.341 e. The number of carboxylic acid groups (broad SMARTS) is 1. The van der Waals surface area contributed by atoms with Gasteiger partial charge < -0.3 is 20.3 Å². The number of hydrogen-bond donors (Lipinski definition) is 3. The predicted octanol–water partition coefficient (Wildman–Crippen LogP) is 4.16. The van der Waals surface area contributed by atoms with Crippen LogP contribution < -0.4 is 10.1 Å². The average molecular weight is 524 g/mol. The molecule has 0 bridgehead atoms. The molecule has 0 amide bonds. The number of aliphatic hydroxyl groups is 1. The van der Waals surface area contributed by atoms with E-state index in [1.54, 1.807) is 30.3 Å². The molecular weight excluding hydrogens is 501 g/mol. The third-order valence-corrected chi connectivity index (χ3v) is 7.33. The van der Waals surface area contributed by atoms with Crippen LogP contribution in [0.2, 0.25) is 10.0 Å². The normalized spacial score (nSPS) is 12.3. The van der Waals surface area contributed by atoms with Gasteiger partial charge in [0.15, 0.2) is 6.61 Å². The maximum atomic E-state index is 12.9. The zero-order chi connectivity index (χ0) is 24.7. The molecule has 3 aromatic rings. The van der Waals surface area contributed by atoms with Crippen LogP contribution in [0.3, 0.4) is 0 Å². The van der Waals surface area contributed by atoms with Crippen molar-refractivity contribution in [2.45, 2.75) is 22.3 Å². The second-order valence-electron chi connectivity index (χ2n) is 7.44. The predicted molar refractivity (Wildman–Crippen MR) is 129 cm³/mol. The summed E-state index contributed by atoms with van der Waals surface area (Å²) in [4.78, 5) is 10.7. The zero-order valence-corrected chi connectivity index (χ0v) is 20.3. The van der Waals surface area contributed by atoms with Gasteiger partial charge in [0.25, 0.3) is 0 Å². The number of aliphatic hydroxyl groups excluding tert-OH is 1. The number of nitrogens with one attached hydrogen (secondary N) is 1. The first kappa shape index (κ1) is 26.0. The van der Waals surface area contributed by atoms with Crippen molar-refractivity contribution in [2.24, 2.45) is 0 Å². The SMILES string of the molecule is O=C(O)COc1ccc(S(=O)(=O)c2ccc(CCNC[C@H](O)c3cccc(Cl)c3)c(Cl)c2)cc1. The van der Waals surface area contributed by atoms with E-state index in [9.17, 15) is 18.3 Å². The molecule has 0 saturated heterocycles.